The number of hydrogen-bond donors (Lipinski definition) is 2. The van der Waals surface area contributed by atoms with Gasteiger partial charge in [-0.25, -0.2) is 0 Å². The van der Waals surface area contributed by atoms with Gasteiger partial charge in [0, 0.05) is 19.7 Å². The summed E-state index contributed by atoms with van der Waals surface area (Å²) >= 11 is 0. The van der Waals surface area contributed by atoms with Crippen molar-refractivity contribution in [3.8, 4) is 0 Å². The van der Waals surface area contributed by atoms with E-state index < -0.39 is 5.60 Å². The summed E-state index contributed by atoms with van der Waals surface area (Å²) < 4.78 is 5.43. The molecule has 0 spiro atoms. The molecule has 17 heavy (non-hydrogen) atoms. The first kappa shape index (κ1) is 14.2. The van der Waals surface area contributed by atoms with Crippen LogP contribution in [0, 0.1) is 0 Å². The van der Waals surface area contributed by atoms with Crippen LogP contribution in [-0.4, -0.2) is 23.9 Å². The lowest BCUT2D eigenvalue weighted by Gasteiger charge is -2.18. The topological polar surface area (TPSA) is 41.5 Å². The molecule has 0 heterocycles. The van der Waals surface area contributed by atoms with E-state index in [-0.39, 0.29) is 0 Å². The fourth-order valence-electron chi connectivity index (χ4n) is 1.59. The van der Waals surface area contributed by atoms with Gasteiger partial charge in [0.2, 0.25) is 0 Å². The van der Waals surface area contributed by atoms with Gasteiger partial charge in [-0.05, 0) is 31.9 Å². The molecule has 0 unspecified atom stereocenters. The number of aliphatic hydroxyl groups is 1. The number of ether oxygens (including phenoxy) is 1. The summed E-state index contributed by atoms with van der Waals surface area (Å²) in [6, 6.07) is 8.22. The smallest absolute Gasteiger partial charge is 0.0719 e. The fourth-order valence-corrected chi connectivity index (χ4v) is 1.59. The number of benzene rings is 1. The van der Waals surface area contributed by atoms with Crippen LogP contribution in [-0.2, 0) is 17.9 Å². The van der Waals surface area contributed by atoms with E-state index in [0.717, 1.165) is 13.2 Å². The van der Waals surface area contributed by atoms with Gasteiger partial charge in [-0.15, -0.1) is 0 Å². The first-order chi connectivity index (χ1) is 8.03. The molecule has 0 saturated carbocycles. The molecule has 3 heteroatoms. The molecule has 96 valence electrons. The number of rotatable bonds is 7. The van der Waals surface area contributed by atoms with Crippen LogP contribution in [0.1, 0.15) is 31.9 Å². The van der Waals surface area contributed by atoms with E-state index in [1.807, 2.05) is 19.1 Å². The van der Waals surface area contributed by atoms with E-state index >= 15 is 0 Å². The third-order valence-electron chi connectivity index (χ3n) is 2.45. The number of hydrogen-bond acceptors (Lipinski definition) is 3. The molecule has 0 bridgehead atoms. The van der Waals surface area contributed by atoms with Crippen molar-refractivity contribution in [2.45, 2.75) is 39.5 Å². The average molecular weight is 237 g/mol. The second kappa shape index (κ2) is 6.74. The van der Waals surface area contributed by atoms with E-state index in [4.69, 9.17) is 4.74 Å². The maximum absolute atomic E-state index is 9.62. The van der Waals surface area contributed by atoms with Crippen molar-refractivity contribution in [1.82, 2.24) is 5.32 Å². The molecule has 0 atom stereocenters. The Morgan fingerprint density at radius 2 is 1.88 bits per heavy atom. The minimum Gasteiger partial charge on any atom is -0.389 e. The van der Waals surface area contributed by atoms with Crippen molar-refractivity contribution >= 4 is 0 Å². The summed E-state index contributed by atoms with van der Waals surface area (Å²) in [5, 5.41) is 12.9. The summed E-state index contributed by atoms with van der Waals surface area (Å²) in [6.45, 7) is 8.30. The lowest BCUT2D eigenvalue weighted by molar-refractivity contribution is 0.0794. The molecule has 3 nitrogen and oxygen atoms in total. The Balaban J connectivity index is 2.51. The summed E-state index contributed by atoms with van der Waals surface area (Å²) in [6.07, 6.45) is 0. The minimum absolute atomic E-state index is 0.579. The van der Waals surface area contributed by atoms with Gasteiger partial charge in [0.15, 0.2) is 0 Å². The summed E-state index contributed by atoms with van der Waals surface area (Å²) in [7, 11) is 0. The van der Waals surface area contributed by atoms with Crippen molar-refractivity contribution in [3.05, 3.63) is 35.4 Å². The van der Waals surface area contributed by atoms with E-state index in [2.05, 4.69) is 17.4 Å². The van der Waals surface area contributed by atoms with Gasteiger partial charge in [0.05, 0.1) is 12.2 Å². The third kappa shape index (κ3) is 5.82. The maximum atomic E-state index is 9.62. The van der Waals surface area contributed by atoms with Crippen LogP contribution in [0.15, 0.2) is 24.3 Å². The zero-order valence-corrected chi connectivity index (χ0v) is 11.0. The summed E-state index contributed by atoms with van der Waals surface area (Å²) in [5.41, 5.74) is 1.76. The molecule has 0 aromatic heterocycles. The van der Waals surface area contributed by atoms with Gasteiger partial charge in [0.25, 0.3) is 0 Å². The van der Waals surface area contributed by atoms with E-state index in [0.29, 0.717) is 13.2 Å². The maximum Gasteiger partial charge on any atom is 0.0719 e. The Bertz CT molecular complexity index is 331. The second-order valence-electron chi connectivity index (χ2n) is 4.82. The molecule has 0 aliphatic rings. The van der Waals surface area contributed by atoms with Gasteiger partial charge >= 0.3 is 0 Å². The quantitative estimate of drug-likeness (QED) is 0.763. The Labute approximate surface area is 104 Å². The lowest BCUT2D eigenvalue weighted by Crippen LogP contribution is -2.34. The molecule has 1 aromatic rings. The largest absolute Gasteiger partial charge is 0.389 e. The van der Waals surface area contributed by atoms with Crippen LogP contribution in [0.2, 0.25) is 0 Å². The molecular weight excluding hydrogens is 214 g/mol. The van der Waals surface area contributed by atoms with Gasteiger partial charge in [-0.3, -0.25) is 0 Å². The Morgan fingerprint density at radius 3 is 2.47 bits per heavy atom. The lowest BCUT2D eigenvalue weighted by atomic mass is 10.1. The van der Waals surface area contributed by atoms with Crippen LogP contribution < -0.4 is 5.32 Å². The van der Waals surface area contributed by atoms with Crippen molar-refractivity contribution < 1.29 is 9.84 Å². The normalized spacial score (nSPS) is 11.8. The van der Waals surface area contributed by atoms with E-state index in [1.165, 1.54) is 11.1 Å². The monoisotopic (exact) mass is 237 g/mol. The average Bonchev–Trinajstić information content (AvgIpc) is 2.26. The molecule has 1 aromatic carbocycles. The predicted molar refractivity (Wildman–Crippen MR) is 69.8 cm³/mol. The Morgan fingerprint density at radius 1 is 1.24 bits per heavy atom. The van der Waals surface area contributed by atoms with E-state index in [1.54, 1.807) is 13.8 Å². The van der Waals surface area contributed by atoms with Gasteiger partial charge in [-0.2, -0.15) is 0 Å². The van der Waals surface area contributed by atoms with Crippen molar-refractivity contribution in [2.75, 3.05) is 13.2 Å². The van der Waals surface area contributed by atoms with Crippen molar-refractivity contribution in [3.63, 3.8) is 0 Å². The standard InChI is InChI=1S/C14H23NO2/c1-4-17-10-13-8-6-5-7-12(13)9-15-11-14(2,3)16/h5-8,15-16H,4,9-11H2,1-3H3. The Kier molecular flexibility index (Phi) is 5.62. The molecule has 0 aliphatic carbocycles. The summed E-state index contributed by atoms with van der Waals surface area (Å²) in [5.74, 6) is 0. The van der Waals surface area contributed by atoms with Crippen molar-refractivity contribution in [2.24, 2.45) is 0 Å². The fraction of sp³-hybridized carbons (Fsp3) is 0.571. The van der Waals surface area contributed by atoms with Gasteiger partial charge in [0.1, 0.15) is 0 Å². The van der Waals surface area contributed by atoms with Gasteiger partial charge in [-0.1, -0.05) is 24.3 Å². The molecule has 0 saturated heterocycles. The minimum atomic E-state index is -0.672. The highest BCUT2D eigenvalue weighted by molar-refractivity contribution is 5.26. The molecule has 1 rings (SSSR count). The first-order valence-corrected chi connectivity index (χ1v) is 6.10. The SMILES string of the molecule is CCOCc1ccccc1CNCC(C)(C)O. The Hall–Kier alpha value is -0.900. The highest BCUT2D eigenvalue weighted by Crippen LogP contribution is 2.10. The highest BCUT2D eigenvalue weighted by atomic mass is 16.5. The molecule has 0 fully saturated rings. The van der Waals surface area contributed by atoms with Crippen LogP contribution in [0.3, 0.4) is 0 Å². The molecule has 0 aliphatic heterocycles. The zero-order valence-electron chi connectivity index (χ0n) is 11.0. The van der Waals surface area contributed by atoms with Crippen LogP contribution >= 0.6 is 0 Å². The van der Waals surface area contributed by atoms with Gasteiger partial charge < -0.3 is 15.2 Å². The molecular formula is C14H23NO2. The summed E-state index contributed by atoms with van der Waals surface area (Å²) in [4.78, 5) is 0. The predicted octanol–water partition coefficient (Wildman–Crippen LogP) is 2.08. The van der Waals surface area contributed by atoms with Crippen LogP contribution in [0.25, 0.3) is 0 Å². The van der Waals surface area contributed by atoms with Crippen LogP contribution in [0.5, 0.6) is 0 Å². The first-order valence-electron chi connectivity index (χ1n) is 6.10. The van der Waals surface area contributed by atoms with Crippen molar-refractivity contribution in [1.29, 1.82) is 0 Å². The zero-order chi connectivity index (χ0) is 12.7. The number of nitrogens with one attached hydrogen (secondary N) is 1. The van der Waals surface area contributed by atoms with E-state index in [9.17, 15) is 5.11 Å². The van der Waals surface area contributed by atoms with Crippen LogP contribution in [0.4, 0.5) is 0 Å². The molecule has 0 radical (unpaired) electrons. The molecule has 0 amide bonds. The third-order valence-corrected chi connectivity index (χ3v) is 2.45. The second-order valence-corrected chi connectivity index (χ2v) is 4.82. The molecule has 2 N–H and O–H groups in total. The highest BCUT2D eigenvalue weighted by Gasteiger charge is 2.11.